The number of hydrogen-bond donors (Lipinski definition) is 0. The van der Waals surface area contributed by atoms with Gasteiger partial charge in [-0.25, -0.2) is 0 Å². The van der Waals surface area contributed by atoms with Gasteiger partial charge in [-0.05, 0) is 48.5 Å². The fourth-order valence-electron chi connectivity index (χ4n) is 3.66. The van der Waals surface area contributed by atoms with Gasteiger partial charge in [-0.2, -0.15) is 0 Å². The van der Waals surface area contributed by atoms with Crippen molar-refractivity contribution in [2.75, 3.05) is 26.4 Å². The van der Waals surface area contributed by atoms with Crippen LogP contribution in [0.15, 0.2) is 97.1 Å². The molecule has 36 heavy (non-hydrogen) atoms. The second-order valence-corrected chi connectivity index (χ2v) is 7.88. The molecule has 0 saturated carbocycles. The number of benzene rings is 4. The smallest absolute Gasteiger partial charge is 0.135 e. The summed E-state index contributed by atoms with van der Waals surface area (Å²) in [6.45, 7) is 1.49. The molecular formula is C32H24O4. The SMILES string of the molecule is C1#Cc2ccccc2OCCOc2ccccc2C#Cc2ccccc2OCCOc2ccccc21. The maximum atomic E-state index is 6.01. The van der Waals surface area contributed by atoms with Crippen molar-refractivity contribution in [1.29, 1.82) is 0 Å². The molecule has 0 amide bonds. The molecule has 0 fully saturated rings. The van der Waals surface area contributed by atoms with Crippen LogP contribution in [0.3, 0.4) is 0 Å². The number of ether oxygens (including phenoxy) is 4. The Balaban J connectivity index is 1.46. The Bertz CT molecular complexity index is 1250. The van der Waals surface area contributed by atoms with Crippen molar-refractivity contribution in [2.45, 2.75) is 0 Å². The summed E-state index contributed by atoms with van der Waals surface area (Å²) in [7, 11) is 0. The number of para-hydroxylation sites is 4. The zero-order valence-corrected chi connectivity index (χ0v) is 19.7. The molecule has 176 valence electrons. The van der Waals surface area contributed by atoms with E-state index in [0.717, 1.165) is 22.3 Å². The molecule has 0 aromatic heterocycles. The molecule has 5 rings (SSSR count). The quantitative estimate of drug-likeness (QED) is 0.307. The summed E-state index contributed by atoms with van der Waals surface area (Å²) in [6, 6.07) is 30.9. The van der Waals surface area contributed by atoms with Crippen molar-refractivity contribution >= 4 is 0 Å². The highest BCUT2D eigenvalue weighted by molar-refractivity contribution is 5.54. The lowest BCUT2D eigenvalue weighted by Gasteiger charge is -2.12. The maximum absolute atomic E-state index is 6.01. The second kappa shape index (κ2) is 11.6. The Kier molecular flexibility index (Phi) is 7.37. The zero-order valence-electron chi connectivity index (χ0n) is 19.7. The fraction of sp³-hybridized carbons (Fsp3) is 0.125. The van der Waals surface area contributed by atoms with Crippen LogP contribution in [0.2, 0.25) is 0 Å². The minimum atomic E-state index is 0.372. The number of hydrogen-bond acceptors (Lipinski definition) is 4. The van der Waals surface area contributed by atoms with Crippen LogP contribution >= 0.6 is 0 Å². The molecule has 0 atom stereocenters. The van der Waals surface area contributed by atoms with Crippen LogP contribution in [0.1, 0.15) is 22.3 Å². The van der Waals surface area contributed by atoms with E-state index in [9.17, 15) is 0 Å². The van der Waals surface area contributed by atoms with Gasteiger partial charge in [-0.3, -0.25) is 0 Å². The van der Waals surface area contributed by atoms with Gasteiger partial charge in [-0.1, -0.05) is 72.2 Å². The molecule has 0 N–H and O–H groups in total. The summed E-state index contributed by atoms with van der Waals surface area (Å²) in [5, 5.41) is 0. The molecule has 1 aliphatic heterocycles. The molecule has 1 aliphatic rings. The van der Waals surface area contributed by atoms with Crippen molar-refractivity contribution < 1.29 is 18.9 Å². The molecular weight excluding hydrogens is 448 g/mol. The molecule has 4 aromatic carbocycles. The van der Waals surface area contributed by atoms with Crippen LogP contribution in [-0.2, 0) is 0 Å². The van der Waals surface area contributed by atoms with E-state index < -0.39 is 0 Å². The van der Waals surface area contributed by atoms with Gasteiger partial charge < -0.3 is 18.9 Å². The largest absolute Gasteiger partial charge is 0.489 e. The lowest BCUT2D eigenvalue weighted by atomic mass is 10.1. The summed E-state index contributed by atoms with van der Waals surface area (Å²) in [5.74, 6) is 15.7. The van der Waals surface area contributed by atoms with Gasteiger partial charge in [0.2, 0.25) is 0 Å². The summed E-state index contributed by atoms with van der Waals surface area (Å²) < 4.78 is 24.0. The first kappa shape index (κ1) is 23.0. The van der Waals surface area contributed by atoms with Crippen molar-refractivity contribution in [3.63, 3.8) is 0 Å². The highest BCUT2D eigenvalue weighted by Crippen LogP contribution is 2.22. The molecule has 4 aromatic rings. The van der Waals surface area contributed by atoms with E-state index in [2.05, 4.69) is 23.7 Å². The minimum absolute atomic E-state index is 0.372. The first-order chi connectivity index (χ1) is 17.9. The van der Waals surface area contributed by atoms with Gasteiger partial charge in [-0.15, -0.1) is 0 Å². The van der Waals surface area contributed by atoms with Crippen molar-refractivity contribution in [2.24, 2.45) is 0 Å². The lowest BCUT2D eigenvalue weighted by Crippen LogP contribution is -2.10. The Labute approximate surface area is 211 Å². The van der Waals surface area contributed by atoms with Crippen molar-refractivity contribution in [3.8, 4) is 46.7 Å². The second-order valence-electron chi connectivity index (χ2n) is 7.88. The Morgan fingerprint density at radius 2 is 0.556 bits per heavy atom. The third kappa shape index (κ3) is 5.81. The van der Waals surface area contributed by atoms with E-state index in [1.165, 1.54) is 0 Å². The first-order valence-corrected chi connectivity index (χ1v) is 11.8. The maximum Gasteiger partial charge on any atom is 0.135 e. The van der Waals surface area contributed by atoms with Crippen LogP contribution < -0.4 is 18.9 Å². The fourth-order valence-corrected chi connectivity index (χ4v) is 3.66. The van der Waals surface area contributed by atoms with Gasteiger partial charge in [0.15, 0.2) is 0 Å². The van der Waals surface area contributed by atoms with E-state index in [1.807, 2.05) is 97.1 Å². The van der Waals surface area contributed by atoms with E-state index in [4.69, 9.17) is 18.9 Å². The molecule has 4 heteroatoms. The van der Waals surface area contributed by atoms with Gasteiger partial charge in [0.25, 0.3) is 0 Å². The topological polar surface area (TPSA) is 36.9 Å². The van der Waals surface area contributed by atoms with Gasteiger partial charge in [0, 0.05) is 0 Å². The van der Waals surface area contributed by atoms with Crippen molar-refractivity contribution in [3.05, 3.63) is 119 Å². The van der Waals surface area contributed by atoms with Gasteiger partial charge >= 0.3 is 0 Å². The Hall–Kier alpha value is -4.80. The molecule has 0 saturated heterocycles. The normalized spacial score (nSPS) is 12.9. The number of rotatable bonds is 0. The lowest BCUT2D eigenvalue weighted by molar-refractivity contribution is 0.216. The highest BCUT2D eigenvalue weighted by atomic mass is 16.5. The average molecular weight is 473 g/mol. The van der Waals surface area contributed by atoms with Gasteiger partial charge in [0.1, 0.15) is 49.4 Å². The molecule has 4 nitrogen and oxygen atoms in total. The molecule has 0 radical (unpaired) electrons. The van der Waals surface area contributed by atoms with Gasteiger partial charge in [0.05, 0.1) is 22.3 Å². The van der Waals surface area contributed by atoms with E-state index in [1.54, 1.807) is 0 Å². The van der Waals surface area contributed by atoms with E-state index >= 15 is 0 Å². The van der Waals surface area contributed by atoms with Crippen LogP contribution in [0, 0.1) is 23.7 Å². The molecule has 0 aliphatic carbocycles. The summed E-state index contributed by atoms with van der Waals surface area (Å²) in [6.07, 6.45) is 0. The third-order valence-electron chi connectivity index (χ3n) is 5.41. The Morgan fingerprint density at radius 3 is 0.806 bits per heavy atom. The predicted octanol–water partition coefficient (Wildman–Crippen LogP) is 5.72. The summed E-state index contributed by atoms with van der Waals surface area (Å²) in [5.41, 5.74) is 3.20. The average Bonchev–Trinajstić information content (AvgIpc) is 2.93. The predicted molar refractivity (Wildman–Crippen MR) is 140 cm³/mol. The molecule has 0 spiro atoms. The summed E-state index contributed by atoms with van der Waals surface area (Å²) in [4.78, 5) is 0. The summed E-state index contributed by atoms with van der Waals surface area (Å²) >= 11 is 0. The van der Waals surface area contributed by atoms with E-state index in [0.29, 0.717) is 49.4 Å². The van der Waals surface area contributed by atoms with E-state index in [-0.39, 0.29) is 0 Å². The Morgan fingerprint density at radius 1 is 0.333 bits per heavy atom. The third-order valence-corrected chi connectivity index (χ3v) is 5.41. The minimum Gasteiger partial charge on any atom is -0.489 e. The molecule has 1 heterocycles. The standard InChI is InChI=1S/C32H24O4/c1-5-13-29-25(9-1)17-18-26-10-2-6-14-30(26)35-23-24-36-32-16-8-4-12-28(32)20-19-27-11-3-7-15-31(27)34-22-21-33-29/h1-16H,21-24H2. The molecule has 0 bridgehead atoms. The monoisotopic (exact) mass is 472 g/mol. The van der Waals surface area contributed by atoms with Crippen molar-refractivity contribution in [1.82, 2.24) is 0 Å². The zero-order chi connectivity index (χ0) is 24.4. The van der Waals surface area contributed by atoms with Crippen LogP contribution in [0.4, 0.5) is 0 Å². The number of fused-ring (bicyclic) bond motifs is 4. The van der Waals surface area contributed by atoms with Crippen LogP contribution in [0.5, 0.6) is 23.0 Å². The first-order valence-electron chi connectivity index (χ1n) is 11.8. The van der Waals surface area contributed by atoms with Crippen LogP contribution in [0.25, 0.3) is 0 Å². The van der Waals surface area contributed by atoms with Crippen LogP contribution in [-0.4, -0.2) is 26.4 Å². The molecule has 0 unspecified atom stereocenters. The highest BCUT2D eigenvalue weighted by Gasteiger charge is 2.06.